The number of benzene rings is 2. The first-order chi connectivity index (χ1) is 18.3. The second-order valence-corrected chi connectivity index (χ2v) is 10.6. The van der Waals surface area contributed by atoms with Crippen molar-refractivity contribution in [1.82, 2.24) is 15.1 Å². The van der Waals surface area contributed by atoms with E-state index in [1.54, 1.807) is 0 Å². The number of allylic oxidation sites excluding steroid dienone is 2. The molecule has 4 nitrogen and oxygen atoms in total. The van der Waals surface area contributed by atoms with E-state index in [2.05, 4.69) is 79.2 Å². The van der Waals surface area contributed by atoms with Crippen LogP contribution in [0.4, 0.5) is 10.1 Å². The highest BCUT2D eigenvalue weighted by Crippen LogP contribution is 2.38. The van der Waals surface area contributed by atoms with Gasteiger partial charge in [0.2, 0.25) is 0 Å². The van der Waals surface area contributed by atoms with Crippen LogP contribution >= 0.6 is 0 Å². The van der Waals surface area contributed by atoms with Crippen molar-refractivity contribution in [3.05, 3.63) is 102 Å². The lowest BCUT2D eigenvalue weighted by atomic mass is 9.90. The Morgan fingerprint density at radius 1 is 1.13 bits per heavy atom. The first kappa shape index (κ1) is 27.7. The molecule has 2 aromatic carbocycles. The van der Waals surface area contributed by atoms with Crippen molar-refractivity contribution >= 4 is 17.0 Å². The van der Waals surface area contributed by atoms with Gasteiger partial charge in [0.05, 0.1) is 0 Å². The number of piperidine rings is 1. The second kappa shape index (κ2) is 12.5. The molecule has 2 aliphatic rings. The zero-order valence-electron chi connectivity index (χ0n) is 23.4. The molecule has 0 spiro atoms. The van der Waals surface area contributed by atoms with Gasteiger partial charge in [0.25, 0.3) is 0 Å². The number of nitrogens with zero attached hydrogens (tertiary/aromatic N) is 2. The van der Waals surface area contributed by atoms with Gasteiger partial charge in [-0.1, -0.05) is 37.9 Å². The minimum Gasteiger partial charge on any atom is -0.382 e. The average Bonchev–Trinajstić information content (AvgIpc) is 3.04. The third-order valence-corrected chi connectivity index (χ3v) is 7.90. The SMILES string of the molecule is C=C(C(=C)N1CCCCC1)/C(=C/C)c1cc2c(cc1C)NCC(C)N(CCNCc1ccc(F)cc1)C2=C. The van der Waals surface area contributed by atoms with E-state index in [-0.39, 0.29) is 5.82 Å². The first-order valence-electron chi connectivity index (χ1n) is 13.9. The van der Waals surface area contributed by atoms with Gasteiger partial charge in [0.1, 0.15) is 5.82 Å². The lowest BCUT2D eigenvalue weighted by molar-refractivity contribution is 0.292. The van der Waals surface area contributed by atoms with E-state index in [4.69, 9.17) is 0 Å². The molecule has 5 heteroatoms. The Labute approximate surface area is 228 Å². The molecular weight excluding hydrogens is 471 g/mol. The third kappa shape index (κ3) is 6.21. The van der Waals surface area contributed by atoms with Crippen LogP contribution in [0.1, 0.15) is 55.4 Å². The molecule has 0 radical (unpaired) electrons. The number of hydrogen-bond acceptors (Lipinski definition) is 4. The van der Waals surface area contributed by atoms with Crippen molar-refractivity contribution in [1.29, 1.82) is 0 Å². The van der Waals surface area contributed by atoms with Crippen LogP contribution in [0.5, 0.6) is 0 Å². The summed E-state index contributed by atoms with van der Waals surface area (Å²) in [5, 5.41) is 7.16. The molecule has 1 atom stereocenters. The molecule has 2 aromatic rings. The van der Waals surface area contributed by atoms with Crippen LogP contribution in [0.15, 0.2) is 73.5 Å². The fraction of sp³-hybridized carbons (Fsp3) is 0.394. The Balaban J connectivity index is 1.51. The predicted octanol–water partition coefficient (Wildman–Crippen LogP) is 6.97. The summed E-state index contributed by atoms with van der Waals surface area (Å²) in [6.45, 7) is 25.3. The minimum absolute atomic E-state index is 0.204. The molecule has 1 saturated heterocycles. The molecule has 202 valence electrons. The van der Waals surface area contributed by atoms with Crippen LogP contribution < -0.4 is 10.6 Å². The summed E-state index contributed by atoms with van der Waals surface area (Å²) in [7, 11) is 0. The first-order valence-corrected chi connectivity index (χ1v) is 13.9. The van der Waals surface area contributed by atoms with Crippen molar-refractivity contribution < 1.29 is 4.39 Å². The number of hydrogen-bond donors (Lipinski definition) is 2. The predicted molar refractivity (Wildman–Crippen MR) is 160 cm³/mol. The molecule has 1 fully saturated rings. The Kier molecular flexibility index (Phi) is 9.11. The van der Waals surface area contributed by atoms with Crippen LogP contribution in [0, 0.1) is 12.7 Å². The minimum atomic E-state index is -0.204. The highest BCUT2D eigenvalue weighted by atomic mass is 19.1. The normalized spacial score (nSPS) is 18.1. The Morgan fingerprint density at radius 3 is 2.53 bits per heavy atom. The number of rotatable bonds is 9. The number of halogens is 1. The third-order valence-electron chi connectivity index (χ3n) is 7.90. The van der Waals surface area contributed by atoms with Crippen molar-refractivity contribution in [3.63, 3.8) is 0 Å². The fourth-order valence-electron chi connectivity index (χ4n) is 5.56. The summed E-state index contributed by atoms with van der Waals surface area (Å²) in [6.07, 6.45) is 5.89. The maximum absolute atomic E-state index is 13.2. The molecule has 0 amide bonds. The summed E-state index contributed by atoms with van der Waals surface area (Å²) in [4.78, 5) is 4.77. The van der Waals surface area contributed by atoms with E-state index >= 15 is 0 Å². The summed E-state index contributed by atoms with van der Waals surface area (Å²) in [6, 6.07) is 11.5. The molecule has 1 unspecified atom stereocenters. The van der Waals surface area contributed by atoms with Crippen LogP contribution in [-0.2, 0) is 6.54 Å². The van der Waals surface area contributed by atoms with Crippen LogP contribution in [-0.4, -0.2) is 48.6 Å². The second-order valence-electron chi connectivity index (χ2n) is 10.6. The van der Waals surface area contributed by atoms with Gasteiger partial charge in [-0.15, -0.1) is 0 Å². The molecule has 0 saturated carbocycles. The lowest BCUT2D eigenvalue weighted by Gasteiger charge is -2.32. The maximum atomic E-state index is 13.2. The molecule has 4 rings (SSSR count). The summed E-state index contributed by atoms with van der Waals surface area (Å²) in [5.41, 5.74) is 9.92. The molecule has 2 N–H and O–H groups in total. The van der Waals surface area contributed by atoms with Crippen molar-refractivity contribution in [2.24, 2.45) is 0 Å². The number of anilines is 1. The summed E-state index contributed by atoms with van der Waals surface area (Å²) >= 11 is 0. The van der Waals surface area contributed by atoms with E-state index in [0.717, 1.165) is 72.1 Å². The van der Waals surface area contributed by atoms with Gasteiger partial charge in [-0.2, -0.15) is 0 Å². The Hall–Kier alpha value is -3.31. The molecule has 0 bridgehead atoms. The van der Waals surface area contributed by atoms with E-state index in [1.807, 2.05) is 12.1 Å². The van der Waals surface area contributed by atoms with E-state index in [0.29, 0.717) is 12.6 Å². The number of aryl methyl sites for hydroxylation is 1. The van der Waals surface area contributed by atoms with Crippen molar-refractivity contribution in [3.8, 4) is 0 Å². The zero-order valence-corrected chi connectivity index (χ0v) is 23.4. The fourth-order valence-corrected chi connectivity index (χ4v) is 5.56. The highest BCUT2D eigenvalue weighted by Gasteiger charge is 2.25. The molecule has 0 aliphatic carbocycles. The molecule has 2 heterocycles. The van der Waals surface area contributed by atoms with Gasteiger partial charge in [0, 0.05) is 68.0 Å². The molecule has 0 aromatic heterocycles. The Morgan fingerprint density at radius 2 is 1.84 bits per heavy atom. The van der Waals surface area contributed by atoms with E-state index in [1.165, 1.54) is 42.5 Å². The van der Waals surface area contributed by atoms with Crippen LogP contribution in [0.2, 0.25) is 0 Å². The standard InChI is InChI=1S/C33H43FN4/c1-7-30(25(4)26(5)37-16-9-8-10-17-37)31-20-32-27(6)38(24(3)21-36-33(32)19-23(31)2)18-15-35-22-28-11-13-29(34)14-12-28/h7,11-14,19-20,24,35-36H,4-6,8-10,15-18,21-22H2,1-3H3/b30-7-. The van der Waals surface area contributed by atoms with Gasteiger partial charge >= 0.3 is 0 Å². The number of likely N-dealkylation sites (tertiary alicyclic amines) is 1. The van der Waals surface area contributed by atoms with Gasteiger partial charge in [-0.3, -0.25) is 0 Å². The van der Waals surface area contributed by atoms with Gasteiger partial charge in [-0.25, -0.2) is 4.39 Å². The van der Waals surface area contributed by atoms with Crippen LogP contribution in [0.25, 0.3) is 11.3 Å². The largest absolute Gasteiger partial charge is 0.382 e. The molecule has 38 heavy (non-hydrogen) atoms. The van der Waals surface area contributed by atoms with Gasteiger partial charge in [0.15, 0.2) is 0 Å². The zero-order chi connectivity index (χ0) is 27.2. The summed E-state index contributed by atoms with van der Waals surface area (Å²) in [5.74, 6) is -0.204. The van der Waals surface area contributed by atoms with Crippen LogP contribution in [0.3, 0.4) is 0 Å². The van der Waals surface area contributed by atoms with E-state index < -0.39 is 0 Å². The van der Waals surface area contributed by atoms with Gasteiger partial charge in [-0.05, 0) is 92.1 Å². The molecular formula is C33H43FN4. The lowest BCUT2D eigenvalue weighted by Crippen LogP contribution is -2.38. The van der Waals surface area contributed by atoms with Crippen molar-refractivity contribution in [2.45, 2.75) is 52.6 Å². The monoisotopic (exact) mass is 514 g/mol. The smallest absolute Gasteiger partial charge is 0.123 e. The highest BCUT2D eigenvalue weighted by molar-refractivity contribution is 5.88. The van der Waals surface area contributed by atoms with Gasteiger partial charge < -0.3 is 20.4 Å². The number of fused-ring (bicyclic) bond motifs is 1. The van der Waals surface area contributed by atoms with Crippen molar-refractivity contribution in [2.75, 3.05) is 38.0 Å². The maximum Gasteiger partial charge on any atom is 0.123 e. The molecule has 2 aliphatic heterocycles. The quantitative estimate of drug-likeness (QED) is 0.279. The topological polar surface area (TPSA) is 30.5 Å². The number of nitrogens with one attached hydrogen (secondary N) is 2. The average molecular weight is 515 g/mol. The Bertz CT molecular complexity index is 1200. The summed E-state index contributed by atoms with van der Waals surface area (Å²) < 4.78 is 13.2. The van der Waals surface area contributed by atoms with E-state index in [9.17, 15) is 4.39 Å².